The molecule has 22 N–H and O–H groups in total. The molecule has 35 atom stereocenters. The van der Waals surface area contributed by atoms with E-state index in [1.165, 1.54) is 6.92 Å². The Hall–Kier alpha value is -3.54. The van der Waals surface area contributed by atoms with E-state index in [1.807, 2.05) is 0 Å². The Labute approximate surface area is 550 Å². The molecule has 7 aliphatic rings. The van der Waals surface area contributed by atoms with E-state index in [4.69, 9.17) is 61.6 Å². The van der Waals surface area contributed by atoms with Crippen LogP contribution in [-0.4, -0.2) is 386 Å². The maximum atomic E-state index is 13.1. The molecule has 4 amide bonds. The first-order valence-electron chi connectivity index (χ1n) is 29.8. The Morgan fingerprint density at radius 2 is 0.753 bits per heavy atom. The molecule has 0 saturated carbocycles. The van der Waals surface area contributed by atoms with Crippen LogP contribution in [0.2, 0.25) is 0 Å². The highest BCUT2D eigenvalue weighted by atomic mass is 32.3. The minimum absolute atomic E-state index is 0.824. The largest absolute Gasteiger partial charge is 0.397 e. The molecular weight excluding hydrogens is 1380 g/mol. The van der Waals surface area contributed by atoms with Crippen molar-refractivity contribution in [2.75, 3.05) is 39.6 Å². The summed E-state index contributed by atoms with van der Waals surface area (Å²) in [4.78, 5) is 51.1. The van der Waals surface area contributed by atoms with Crippen molar-refractivity contribution in [3.8, 4) is 0 Å². The molecule has 7 heterocycles. The standard InChI is InChI=1S/C50H84N4O41S2/c1-12-27(63)35(71)36(72)48(83-12)94-43-42(93-47-26(54-16(5)62)40(29(65)18(7-56)86-47)91-46-23(51-13(2)59)33(69)28(64)17(6-55)85-46)31(67)20(9-58)88-50(43)92-39-25(53-15(4)61)44(74)84-21(32(39)68)10-81-45-24(52-14(3)60)34(70)38(22(89-45)11-82-96(75,76)77)90-49-37(73)41(95-97(78,79)80)30(66)19(8-57)87-49/h12,17-50,55-58,63-74H,6-11H2,1-5H3,(H,51,59)(H,52,60)(H,53,61)(H,54,62)(H,75,76,77)(H,78,79,80)/t12-,17+,18+,19+,20+,21+,22+,23+,24+,25+,26+,27+,28+,29-,30-,31-,32-,33+,34+,35+,36-,37+,38+,39+,40+,41-,42-,43+,44+,45+,46+,47+,48-,49-,50-/m0/s1. The summed E-state index contributed by atoms with van der Waals surface area (Å²) in [5.41, 5.74) is 0. The topological polar surface area (TPSA) is 687 Å². The maximum Gasteiger partial charge on any atom is 0.397 e. The van der Waals surface area contributed by atoms with Crippen LogP contribution in [0.3, 0.4) is 0 Å². The summed E-state index contributed by atoms with van der Waals surface area (Å²) in [5, 5.41) is 187. The molecule has 0 bridgehead atoms. The minimum Gasteiger partial charge on any atom is -0.394 e. The van der Waals surface area contributed by atoms with Gasteiger partial charge in [-0.15, -0.1) is 0 Å². The van der Waals surface area contributed by atoms with Crippen LogP contribution < -0.4 is 21.3 Å². The molecule has 0 spiro atoms. The van der Waals surface area contributed by atoms with E-state index in [9.17, 15) is 127 Å². The third-order valence-corrected chi connectivity index (χ3v) is 17.4. The number of hydrogen-bond acceptors (Lipinski definition) is 39. The minimum atomic E-state index is -5.50. The van der Waals surface area contributed by atoms with E-state index in [2.05, 4.69) is 29.6 Å². The lowest BCUT2D eigenvalue weighted by atomic mass is 9.93. The second-order valence-corrected chi connectivity index (χ2v) is 25.7. The molecule has 0 aromatic rings. The van der Waals surface area contributed by atoms with Gasteiger partial charge in [0.05, 0.1) is 45.7 Å². The van der Waals surface area contributed by atoms with Crippen LogP contribution in [0.15, 0.2) is 0 Å². The molecule has 45 nitrogen and oxygen atoms in total. The Morgan fingerprint density at radius 1 is 0.351 bits per heavy atom. The number of aliphatic hydroxyl groups is 16. The van der Waals surface area contributed by atoms with Crippen LogP contribution in [0.1, 0.15) is 34.6 Å². The summed E-state index contributed by atoms with van der Waals surface area (Å²) in [6.07, 6.45) is -65.1. The van der Waals surface area contributed by atoms with Crippen molar-refractivity contribution < 1.29 is 197 Å². The molecule has 0 aromatic carbocycles. The molecule has 7 saturated heterocycles. The molecule has 0 aliphatic carbocycles. The van der Waals surface area contributed by atoms with Gasteiger partial charge in [0, 0.05) is 27.7 Å². The molecule has 47 heteroatoms. The van der Waals surface area contributed by atoms with Gasteiger partial charge in [0.15, 0.2) is 44.0 Å². The second kappa shape index (κ2) is 34.2. The molecule has 0 aromatic heterocycles. The van der Waals surface area contributed by atoms with Crippen LogP contribution >= 0.6 is 0 Å². The maximum absolute atomic E-state index is 13.1. The van der Waals surface area contributed by atoms with Crippen LogP contribution in [0, 0.1) is 0 Å². The zero-order valence-electron chi connectivity index (χ0n) is 51.7. The van der Waals surface area contributed by atoms with Crippen molar-refractivity contribution in [1.29, 1.82) is 0 Å². The average molecular weight is 1460 g/mol. The van der Waals surface area contributed by atoms with Crippen molar-refractivity contribution in [2.45, 2.75) is 249 Å². The number of ether oxygens (including phenoxy) is 13. The van der Waals surface area contributed by atoms with E-state index in [0.717, 1.165) is 27.7 Å². The summed E-state index contributed by atoms with van der Waals surface area (Å²) in [7, 11) is -10.9. The first kappa shape index (κ1) is 80.8. The van der Waals surface area contributed by atoms with Gasteiger partial charge in [-0.2, -0.15) is 16.8 Å². The van der Waals surface area contributed by atoms with E-state index in [-0.39, 0.29) is 0 Å². The van der Waals surface area contributed by atoms with Gasteiger partial charge in [-0.05, 0) is 6.92 Å². The number of amides is 4. The van der Waals surface area contributed by atoms with E-state index in [1.54, 1.807) is 0 Å². The lowest BCUT2D eigenvalue weighted by molar-refractivity contribution is -0.399. The van der Waals surface area contributed by atoms with Crippen LogP contribution in [0.5, 0.6) is 0 Å². The van der Waals surface area contributed by atoms with E-state index in [0.29, 0.717) is 0 Å². The number of rotatable bonds is 26. The highest BCUT2D eigenvalue weighted by molar-refractivity contribution is 7.81. The molecular formula is C50H84N4O41S2. The summed E-state index contributed by atoms with van der Waals surface area (Å²) in [6.45, 7) is -1.94. The van der Waals surface area contributed by atoms with Gasteiger partial charge >= 0.3 is 20.8 Å². The van der Waals surface area contributed by atoms with Gasteiger partial charge in [-0.3, -0.25) is 28.3 Å². The average Bonchev–Trinajstić information content (AvgIpc) is 0.769. The summed E-state index contributed by atoms with van der Waals surface area (Å²) in [6, 6.07) is -7.55. The molecule has 7 rings (SSSR count). The zero-order valence-corrected chi connectivity index (χ0v) is 53.3. The van der Waals surface area contributed by atoms with Crippen molar-refractivity contribution in [3.05, 3.63) is 0 Å². The van der Waals surface area contributed by atoms with E-state index >= 15 is 0 Å². The van der Waals surface area contributed by atoms with Crippen LogP contribution in [-0.2, 0) is 110 Å². The van der Waals surface area contributed by atoms with Crippen LogP contribution in [0.4, 0.5) is 0 Å². The molecule has 0 radical (unpaired) electrons. The van der Waals surface area contributed by atoms with E-state index < -0.39 is 299 Å². The van der Waals surface area contributed by atoms with Crippen molar-refractivity contribution in [1.82, 2.24) is 21.3 Å². The Kier molecular flexibility index (Phi) is 28.4. The predicted octanol–water partition coefficient (Wildman–Crippen LogP) is -15.0. The van der Waals surface area contributed by atoms with Crippen molar-refractivity contribution >= 4 is 44.4 Å². The number of aliphatic hydroxyl groups excluding tert-OH is 16. The number of carbonyl (C=O) groups is 4. The smallest absolute Gasteiger partial charge is 0.394 e. The Bertz CT molecular complexity index is 2830. The third kappa shape index (κ3) is 19.6. The summed E-state index contributed by atoms with van der Waals surface area (Å²) in [5.74, 6) is -3.72. The number of nitrogens with one attached hydrogen (secondary N) is 4. The monoisotopic (exact) mass is 1460 g/mol. The van der Waals surface area contributed by atoms with Crippen molar-refractivity contribution in [3.63, 3.8) is 0 Å². The molecule has 7 aliphatic heterocycles. The van der Waals surface area contributed by atoms with Gasteiger partial charge in [0.2, 0.25) is 23.6 Å². The molecule has 7 fully saturated rings. The zero-order chi connectivity index (χ0) is 72.2. The molecule has 562 valence electrons. The fourth-order valence-electron chi connectivity index (χ4n) is 11.8. The quantitative estimate of drug-likeness (QED) is 0.0358. The molecule has 0 unspecified atom stereocenters. The van der Waals surface area contributed by atoms with Gasteiger partial charge in [-0.25, -0.2) is 8.37 Å². The van der Waals surface area contributed by atoms with Crippen LogP contribution in [0.25, 0.3) is 0 Å². The first-order valence-corrected chi connectivity index (χ1v) is 32.5. The highest BCUT2D eigenvalue weighted by Gasteiger charge is 2.60. The SMILES string of the molecule is CC(=O)N[C@@H]1[C@@H](O[C@@H]2O[C@H](CO)[C@H](O)[C@H](O[C@H]3O[C@H](CO)[C@H](O)[C@H](O[C@H]4O[C@H](CO)[C@@H](O)[C@H](O)[C@H]4NC(C)=O)[C@H]3NC(C)=O)[C@H]2O[C@@H]2O[C@@H](C)[C@@H](O)[C@@H](O)[C@@H]2O)[C@@H](O)[C@@H](CO[C@@H]2O[C@H](COS(=O)(=O)O)[C@@H](O[C@@H]3O[C@H](CO)[C@H](O)[C@H](OS(=O)(=O)O)[C@H]3O)[C@H](O)[C@H]2NC(C)=O)O[C@H]1O. The number of carbonyl (C=O) groups excluding carboxylic acids is 4. The number of hydrogen-bond donors (Lipinski definition) is 22. The lowest BCUT2D eigenvalue weighted by Crippen LogP contribution is -2.72. The van der Waals surface area contributed by atoms with Crippen molar-refractivity contribution in [2.24, 2.45) is 0 Å². The fourth-order valence-corrected chi connectivity index (χ4v) is 12.6. The highest BCUT2D eigenvalue weighted by Crippen LogP contribution is 2.39. The molecule has 97 heavy (non-hydrogen) atoms. The second-order valence-electron chi connectivity index (χ2n) is 23.6. The lowest BCUT2D eigenvalue weighted by Gasteiger charge is -2.52. The van der Waals surface area contributed by atoms with Gasteiger partial charge in [-0.1, -0.05) is 0 Å². The summed E-state index contributed by atoms with van der Waals surface area (Å²) >= 11 is 0. The fraction of sp³-hybridized carbons (Fsp3) is 0.920. The predicted molar refractivity (Wildman–Crippen MR) is 298 cm³/mol. The Balaban J connectivity index is 1.24. The van der Waals surface area contributed by atoms with Gasteiger partial charge in [0.1, 0.15) is 165 Å². The normalized spacial score (nSPS) is 45.4. The van der Waals surface area contributed by atoms with Gasteiger partial charge < -0.3 is 165 Å². The first-order chi connectivity index (χ1) is 45.3. The third-order valence-electron chi connectivity index (χ3n) is 16.5. The summed E-state index contributed by atoms with van der Waals surface area (Å²) < 4.78 is 152. The van der Waals surface area contributed by atoms with Gasteiger partial charge in [0.25, 0.3) is 0 Å². The Morgan fingerprint density at radius 3 is 1.29 bits per heavy atom.